The van der Waals surface area contributed by atoms with Crippen molar-refractivity contribution in [1.29, 1.82) is 0 Å². The molecule has 22 heavy (non-hydrogen) atoms. The van der Waals surface area contributed by atoms with Crippen LogP contribution in [0.2, 0.25) is 0 Å². The maximum absolute atomic E-state index is 9.32. The molecule has 0 aromatic carbocycles. The zero-order valence-corrected chi connectivity index (χ0v) is 14.1. The van der Waals surface area contributed by atoms with E-state index < -0.39 is 0 Å². The van der Waals surface area contributed by atoms with E-state index in [1.165, 1.54) is 30.6 Å². The van der Waals surface area contributed by atoms with Crippen LogP contribution in [0.25, 0.3) is 0 Å². The monoisotopic (exact) mass is 319 g/mol. The van der Waals surface area contributed by atoms with Crippen molar-refractivity contribution in [3.05, 3.63) is 40.1 Å². The second-order valence-corrected chi connectivity index (χ2v) is 7.37. The van der Waals surface area contributed by atoms with Crippen molar-refractivity contribution in [2.45, 2.75) is 44.7 Å². The van der Waals surface area contributed by atoms with Crippen LogP contribution in [-0.2, 0) is 20.1 Å². The highest BCUT2D eigenvalue weighted by molar-refractivity contribution is 7.12. The van der Waals surface area contributed by atoms with E-state index in [4.69, 9.17) is 0 Å². The molecule has 2 heterocycles. The SMILES string of the molecule is Cn1ccnc1CN(CCO)Cc1ccc(C2CCCC2)s1. The van der Waals surface area contributed by atoms with Crippen LogP contribution >= 0.6 is 11.3 Å². The Balaban J connectivity index is 1.64. The van der Waals surface area contributed by atoms with Gasteiger partial charge in [-0.3, -0.25) is 4.90 Å². The molecule has 0 radical (unpaired) electrons. The number of aliphatic hydroxyl groups is 1. The van der Waals surface area contributed by atoms with Gasteiger partial charge in [0.1, 0.15) is 5.82 Å². The minimum atomic E-state index is 0.186. The van der Waals surface area contributed by atoms with Gasteiger partial charge in [-0.25, -0.2) is 4.98 Å². The van der Waals surface area contributed by atoms with E-state index >= 15 is 0 Å². The fourth-order valence-electron chi connectivity index (χ4n) is 3.23. The minimum absolute atomic E-state index is 0.186. The molecule has 1 aliphatic carbocycles. The lowest BCUT2D eigenvalue weighted by Gasteiger charge is -2.20. The maximum atomic E-state index is 9.32. The first-order chi connectivity index (χ1) is 10.8. The number of aryl methyl sites for hydroxylation is 1. The van der Waals surface area contributed by atoms with Crippen LogP contribution < -0.4 is 0 Å². The third kappa shape index (κ3) is 3.77. The molecule has 2 aromatic heterocycles. The lowest BCUT2D eigenvalue weighted by atomic mass is 10.1. The van der Waals surface area contributed by atoms with Gasteiger partial charge in [-0.2, -0.15) is 0 Å². The summed E-state index contributed by atoms with van der Waals surface area (Å²) in [6.45, 7) is 2.54. The van der Waals surface area contributed by atoms with Gasteiger partial charge < -0.3 is 9.67 Å². The molecule has 2 aromatic rings. The molecule has 5 heteroatoms. The lowest BCUT2D eigenvalue weighted by molar-refractivity contribution is 0.181. The molecular formula is C17H25N3OS. The number of aromatic nitrogens is 2. The molecule has 1 fully saturated rings. The van der Waals surface area contributed by atoms with Crippen LogP contribution in [0.3, 0.4) is 0 Å². The van der Waals surface area contributed by atoms with Crippen LogP contribution in [0.5, 0.6) is 0 Å². The maximum Gasteiger partial charge on any atom is 0.122 e. The fraction of sp³-hybridized carbons (Fsp3) is 0.588. The molecule has 0 aliphatic heterocycles. The fourth-order valence-corrected chi connectivity index (χ4v) is 4.46. The molecule has 120 valence electrons. The highest BCUT2D eigenvalue weighted by Gasteiger charge is 2.19. The van der Waals surface area contributed by atoms with E-state index in [-0.39, 0.29) is 6.61 Å². The molecule has 1 aliphatic rings. The predicted octanol–water partition coefficient (Wildman–Crippen LogP) is 3.13. The Kier molecular flexibility index (Phi) is 5.28. The summed E-state index contributed by atoms with van der Waals surface area (Å²) in [6.07, 6.45) is 9.27. The van der Waals surface area contributed by atoms with Gasteiger partial charge in [0.25, 0.3) is 0 Å². The highest BCUT2D eigenvalue weighted by atomic mass is 32.1. The third-order valence-electron chi connectivity index (χ3n) is 4.52. The summed E-state index contributed by atoms with van der Waals surface area (Å²) in [5, 5.41) is 9.32. The van der Waals surface area contributed by atoms with Gasteiger partial charge in [0.2, 0.25) is 0 Å². The van der Waals surface area contributed by atoms with E-state index in [2.05, 4.69) is 22.0 Å². The van der Waals surface area contributed by atoms with Gasteiger partial charge in [-0.05, 0) is 30.9 Å². The van der Waals surface area contributed by atoms with Crippen molar-refractivity contribution in [2.24, 2.45) is 7.05 Å². The van der Waals surface area contributed by atoms with Crippen molar-refractivity contribution in [1.82, 2.24) is 14.5 Å². The van der Waals surface area contributed by atoms with Crippen molar-refractivity contribution in [3.8, 4) is 0 Å². The summed E-state index contributed by atoms with van der Waals surface area (Å²) < 4.78 is 2.04. The smallest absolute Gasteiger partial charge is 0.122 e. The molecule has 0 saturated heterocycles. The summed E-state index contributed by atoms with van der Waals surface area (Å²) in [5.74, 6) is 1.83. The number of hydrogen-bond donors (Lipinski definition) is 1. The Morgan fingerprint density at radius 3 is 2.82 bits per heavy atom. The van der Waals surface area contributed by atoms with Crippen LogP contribution in [0.1, 0.15) is 47.2 Å². The van der Waals surface area contributed by atoms with Crippen molar-refractivity contribution in [2.75, 3.05) is 13.2 Å². The Morgan fingerprint density at radius 2 is 2.14 bits per heavy atom. The molecular weight excluding hydrogens is 294 g/mol. The minimum Gasteiger partial charge on any atom is -0.395 e. The van der Waals surface area contributed by atoms with Gasteiger partial charge in [-0.15, -0.1) is 11.3 Å². The van der Waals surface area contributed by atoms with Crippen LogP contribution in [0.15, 0.2) is 24.5 Å². The first-order valence-corrected chi connectivity index (χ1v) is 8.96. The van der Waals surface area contributed by atoms with E-state index in [0.717, 1.165) is 24.8 Å². The van der Waals surface area contributed by atoms with E-state index in [9.17, 15) is 5.11 Å². The Hall–Kier alpha value is -1.17. The molecule has 0 atom stereocenters. The predicted molar refractivity (Wildman–Crippen MR) is 89.9 cm³/mol. The number of thiophene rings is 1. The molecule has 1 N–H and O–H groups in total. The number of aliphatic hydroxyl groups excluding tert-OH is 1. The van der Waals surface area contributed by atoms with E-state index in [1.54, 1.807) is 4.88 Å². The number of nitrogens with zero attached hydrogens (tertiary/aromatic N) is 3. The Morgan fingerprint density at radius 1 is 1.32 bits per heavy atom. The van der Waals surface area contributed by atoms with Gasteiger partial charge >= 0.3 is 0 Å². The molecule has 0 bridgehead atoms. The molecule has 1 saturated carbocycles. The van der Waals surface area contributed by atoms with Gasteiger partial charge in [0.15, 0.2) is 0 Å². The van der Waals surface area contributed by atoms with Crippen LogP contribution in [-0.4, -0.2) is 32.7 Å². The van der Waals surface area contributed by atoms with Crippen LogP contribution in [0, 0.1) is 0 Å². The van der Waals surface area contributed by atoms with E-state index in [1.807, 2.05) is 35.3 Å². The van der Waals surface area contributed by atoms with Crippen LogP contribution in [0.4, 0.5) is 0 Å². The average Bonchev–Trinajstić information content (AvgIpc) is 3.22. The summed E-state index contributed by atoms with van der Waals surface area (Å²) in [6, 6.07) is 4.58. The second kappa shape index (κ2) is 7.40. The largest absolute Gasteiger partial charge is 0.395 e. The standard InChI is InChI=1S/C17H25N3OS/c1-19-9-8-18-17(19)13-20(10-11-21)12-15-6-7-16(22-15)14-4-2-3-5-14/h6-9,14,21H,2-5,10-13H2,1H3. The lowest BCUT2D eigenvalue weighted by Crippen LogP contribution is -2.27. The number of hydrogen-bond acceptors (Lipinski definition) is 4. The van der Waals surface area contributed by atoms with Crippen molar-refractivity contribution < 1.29 is 5.11 Å². The summed E-state index contributed by atoms with van der Waals surface area (Å²) in [4.78, 5) is 9.60. The molecule has 0 amide bonds. The van der Waals surface area contributed by atoms with Crippen molar-refractivity contribution in [3.63, 3.8) is 0 Å². The second-order valence-electron chi connectivity index (χ2n) is 6.17. The molecule has 3 rings (SSSR count). The van der Waals surface area contributed by atoms with Crippen molar-refractivity contribution >= 4 is 11.3 Å². The highest BCUT2D eigenvalue weighted by Crippen LogP contribution is 2.37. The first-order valence-electron chi connectivity index (χ1n) is 8.14. The first kappa shape index (κ1) is 15.7. The Labute approximate surface area is 136 Å². The number of rotatable bonds is 7. The zero-order chi connectivity index (χ0) is 15.4. The average molecular weight is 319 g/mol. The topological polar surface area (TPSA) is 41.3 Å². The molecule has 4 nitrogen and oxygen atoms in total. The van der Waals surface area contributed by atoms with Gasteiger partial charge in [-0.1, -0.05) is 12.8 Å². The van der Waals surface area contributed by atoms with Gasteiger partial charge in [0, 0.05) is 42.3 Å². The summed E-state index contributed by atoms with van der Waals surface area (Å²) in [5.41, 5.74) is 0. The zero-order valence-electron chi connectivity index (χ0n) is 13.2. The molecule has 0 spiro atoms. The normalized spacial score (nSPS) is 16.0. The summed E-state index contributed by atoms with van der Waals surface area (Å²) >= 11 is 1.95. The Bertz CT molecular complexity index is 586. The quantitative estimate of drug-likeness (QED) is 0.852. The third-order valence-corrected chi connectivity index (χ3v) is 5.75. The summed E-state index contributed by atoms with van der Waals surface area (Å²) in [7, 11) is 2.02. The number of imidazole rings is 1. The van der Waals surface area contributed by atoms with E-state index in [0.29, 0.717) is 6.54 Å². The van der Waals surface area contributed by atoms with Gasteiger partial charge in [0.05, 0.1) is 13.2 Å². The molecule has 0 unspecified atom stereocenters.